The summed E-state index contributed by atoms with van der Waals surface area (Å²) in [6, 6.07) is 9.22. The van der Waals surface area contributed by atoms with Crippen LogP contribution in [-0.2, 0) is 9.53 Å². The number of esters is 1. The summed E-state index contributed by atoms with van der Waals surface area (Å²) in [5.41, 5.74) is 1.88. The number of aromatic nitrogens is 4. The Labute approximate surface area is 128 Å². The number of hydrogen-bond donors (Lipinski definition) is 1. The zero-order valence-corrected chi connectivity index (χ0v) is 12.3. The van der Waals surface area contributed by atoms with Crippen molar-refractivity contribution in [1.29, 1.82) is 0 Å². The van der Waals surface area contributed by atoms with E-state index < -0.39 is 6.04 Å². The summed E-state index contributed by atoms with van der Waals surface area (Å²) < 4.78 is 5.00. The van der Waals surface area contributed by atoms with Crippen molar-refractivity contribution in [2.75, 3.05) is 20.2 Å². The van der Waals surface area contributed by atoms with Crippen LogP contribution in [0.5, 0.6) is 0 Å². The van der Waals surface area contributed by atoms with E-state index in [1.54, 1.807) is 0 Å². The number of carbonyl (C=O) groups excluding carboxylic acids is 1. The maximum absolute atomic E-state index is 12.3. The Bertz CT molecular complexity index is 654. The molecule has 1 aliphatic rings. The van der Waals surface area contributed by atoms with Crippen molar-refractivity contribution in [3.8, 4) is 0 Å². The number of tetrazole rings is 1. The fourth-order valence-electron chi connectivity index (χ4n) is 2.69. The first-order valence-electron chi connectivity index (χ1n) is 7.09. The Morgan fingerprint density at radius 3 is 2.86 bits per heavy atom. The highest BCUT2D eigenvalue weighted by atomic mass is 16.5. The number of ether oxygens (including phenoxy) is 1. The van der Waals surface area contributed by atoms with Gasteiger partial charge in [0.05, 0.1) is 7.11 Å². The molecule has 0 bridgehead atoms. The van der Waals surface area contributed by atoms with Crippen molar-refractivity contribution >= 4 is 11.5 Å². The number of hydrogen-bond acceptors (Lipinski definition) is 6. The van der Waals surface area contributed by atoms with Gasteiger partial charge in [0.1, 0.15) is 6.04 Å². The van der Waals surface area contributed by atoms with E-state index in [2.05, 4.69) is 31.6 Å². The summed E-state index contributed by atoms with van der Waals surface area (Å²) in [6.45, 7) is 1.35. The third-order valence-electron chi connectivity index (χ3n) is 3.72. The number of methoxy groups -OCH3 is 1. The molecular formula is C15H17N5O2. The number of aromatic amines is 1. The Morgan fingerprint density at radius 1 is 1.36 bits per heavy atom. The van der Waals surface area contributed by atoms with Gasteiger partial charge in [0, 0.05) is 18.7 Å². The molecule has 7 heteroatoms. The second kappa shape index (κ2) is 6.48. The van der Waals surface area contributed by atoms with Gasteiger partial charge in [0.2, 0.25) is 5.82 Å². The topological polar surface area (TPSA) is 84.0 Å². The summed E-state index contributed by atoms with van der Waals surface area (Å²) >= 11 is 0. The SMILES string of the molecule is COC(=O)C(c1ccccc1)N1CCC=C(c2nn[nH]n2)C1. The van der Waals surface area contributed by atoms with Crippen molar-refractivity contribution in [2.24, 2.45) is 0 Å². The first kappa shape index (κ1) is 14.4. The first-order valence-corrected chi connectivity index (χ1v) is 7.09. The maximum Gasteiger partial charge on any atom is 0.327 e. The Hall–Kier alpha value is -2.54. The van der Waals surface area contributed by atoms with Crippen molar-refractivity contribution < 1.29 is 9.53 Å². The van der Waals surface area contributed by atoms with E-state index in [9.17, 15) is 4.79 Å². The van der Waals surface area contributed by atoms with Gasteiger partial charge in [-0.05, 0) is 17.2 Å². The molecular weight excluding hydrogens is 282 g/mol. The van der Waals surface area contributed by atoms with E-state index in [1.165, 1.54) is 7.11 Å². The van der Waals surface area contributed by atoms with E-state index in [0.717, 1.165) is 24.1 Å². The van der Waals surface area contributed by atoms with Gasteiger partial charge in [-0.1, -0.05) is 36.4 Å². The summed E-state index contributed by atoms with van der Waals surface area (Å²) in [5.74, 6) is 0.307. The number of nitrogens with one attached hydrogen (secondary N) is 1. The quantitative estimate of drug-likeness (QED) is 0.854. The van der Waals surface area contributed by atoms with Crippen LogP contribution in [0.1, 0.15) is 23.9 Å². The van der Waals surface area contributed by atoms with Crippen molar-refractivity contribution in [3.63, 3.8) is 0 Å². The molecule has 2 heterocycles. The Balaban J connectivity index is 1.86. The lowest BCUT2D eigenvalue weighted by Gasteiger charge is -2.32. The normalized spacial score (nSPS) is 16.9. The molecule has 0 saturated heterocycles. The van der Waals surface area contributed by atoms with E-state index >= 15 is 0 Å². The lowest BCUT2D eigenvalue weighted by atomic mass is 10.0. The average Bonchev–Trinajstić information content (AvgIpc) is 3.11. The molecule has 1 aromatic heterocycles. The van der Waals surface area contributed by atoms with Gasteiger partial charge in [-0.15, -0.1) is 10.2 Å². The highest BCUT2D eigenvalue weighted by Gasteiger charge is 2.31. The maximum atomic E-state index is 12.3. The minimum Gasteiger partial charge on any atom is -0.468 e. The van der Waals surface area contributed by atoms with Gasteiger partial charge in [0.25, 0.3) is 0 Å². The van der Waals surface area contributed by atoms with Gasteiger partial charge in [-0.25, -0.2) is 4.79 Å². The second-order valence-corrected chi connectivity index (χ2v) is 5.06. The summed E-state index contributed by atoms with van der Waals surface area (Å²) in [5, 5.41) is 14.1. The third kappa shape index (κ3) is 2.89. The molecule has 0 radical (unpaired) electrons. The summed E-state index contributed by atoms with van der Waals surface area (Å²) in [6.07, 6.45) is 2.91. The molecule has 1 N–H and O–H groups in total. The zero-order valence-electron chi connectivity index (χ0n) is 12.3. The highest BCUT2D eigenvalue weighted by Crippen LogP contribution is 2.27. The van der Waals surface area contributed by atoms with Crippen LogP contribution in [0.4, 0.5) is 0 Å². The molecule has 1 atom stereocenters. The van der Waals surface area contributed by atoms with Crippen molar-refractivity contribution in [3.05, 3.63) is 47.8 Å². The van der Waals surface area contributed by atoms with Crippen LogP contribution in [0.25, 0.3) is 5.57 Å². The molecule has 114 valence electrons. The van der Waals surface area contributed by atoms with Crippen LogP contribution in [0.2, 0.25) is 0 Å². The molecule has 0 aliphatic carbocycles. The molecule has 0 amide bonds. The lowest BCUT2D eigenvalue weighted by molar-refractivity contribution is -0.147. The van der Waals surface area contributed by atoms with Crippen LogP contribution in [0, 0.1) is 0 Å². The summed E-state index contributed by atoms with van der Waals surface area (Å²) in [7, 11) is 1.41. The Morgan fingerprint density at radius 2 is 2.18 bits per heavy atom. The van der Waals surface area contributed by atoms with Gasteiger partial charge < -0.3 is 4.74 Å². The smallest absolute Gasteiger partial charge is 0.327 e. The Kier molecular flexibility index (Phi) is 4.24. The highest BCUT2D eigenvalue weighted by molar-refractivity contribution is 5.78. The van der Waals surface area contributed by atoms with Gasteiger partial charge in [0.15, 0.2) is 0 Å². The summed E-state index contributed by atoms with van der Waals surface area (Å²) in [4.78, 5) is 14.3. The molecule has 7 nitrogen and oxygen atoms in total. The van der Waals surface area contributed by atoms with Crippen LogP contribution in [-0.4, -0.2) is 51.7 Å². The number of benzene rings is 1. The lowest BCUT2D eigenvalue weighted by Crippen LogP contribution is -2.38. The van der Waals surface area contributed by atoms with E-state index in [0.29, 0.717) is 12.4 Å². The number of carbonyl (C=O) groups is 1. The van der Waals surface area contributed by atoms with Crippen LogP contribution < -0.4 is 0 Å². The average molecular weight is 299 g/mol. The van der Waals surface area contributed by atoms with Crippen LogP contribution >= 0.6 is 0 Å². The fourth-order valence-corrected chi connectivity index (χ4v) is 2.69. The van der Waals surface area contributed by atoms with Crippen LogP contribution in [0.15, 0.2) is 36.4 Å². The third-order valence-corrected chi connectivity index (χ3v) is 3.72. The minimum atomic E-state index is -0.429. The van der Waals surface area contributed by atoms with Gasteiger partial charge >= 0.3 is 5.97 Å². The molecule has 1 aromatic carbocycles. The molecule has 0 spiro atoms. The molecule has 2 aromatic rings. The number of H-pyrrole nitrogens is 1. The molecule has 1 unspecified atom stereocenters. The van der Waals surface area contributed by atoms with Crippen molar-refractivity contribution in [1.82, 2.24) is 25.5 Å². The minimum absolute atomic E-state index is 0.263. The van der Waals surface area contributed by atoms with E-state index in [1.807, 2.05) is 30.3 Å². The predicted molar refractivity (Wildman–Crippen MR) is 79.5 cm³/mol. The van der Waals surface area contributed by atoms with E-state index in [-0.39, 0.29) is 5.97 Å². The molecule has 3 rings (SSSR count). The second-order valence-electron chi connectivity index (χ2n) is 5.06. The molecule has 0 fully saturated rings. The zero-order chi connectivity index (χ0) is 15.4. The largest absolute Gasteiger partial charge is 0.468 e. The van der Waals surface area contributed by atoms with E-state index in [4.69, 9.17) is 4.74 Å². The first-order chi connectivity index (χ1) is 10.8. The standard InChI is InChI=1S/C15H17N5O2/c1-22-15(21)13(11-6-3-2-4-7-11)20-9-5-8-12(10-20)14-16-18-19-17-14/h2-4,6-8,13H,5,9-10H2,1H3,(H,16,17,18,19). The molecule has 1 aliphatic heterocycles. The molecule has 22 heavy (non-hydrogen) atoms. The molecule has 0 saturated carbocycles. The number of nitrogens with zero attached hydrogens (tertiary/aromatic N) is 4. The van der Waals surface area contributed by atoms with Gasteiger partial charge in [-0.3, -0.25) is 4.90 Å². The van der Waals surface area contributed by atoms with Crippen LogP contribution in [0.3, 0.4) is 0 Å². The predicted octanol–water partition coefficient (Wildman–Crippen LogP) is 1.20. The fraction of sp³-hybridized carbons (Fsp3) is 0.333. The van der Waals surface area contributed by atoms with Gasteiger partial charge in [-0.2, -0.15) is 5.21 Å². The van der Waals surface area contributed by atoms with Crippen molar-refractivity contribution in [2.45, 2.75) is 12.5 Å². The number of rotatable bonds is 4. The monoisotopic (exact) mass is 299 g/mol.